The second-order valence-corrected chi connectivity index (χ2v) is 11.2. The molecule has 0 bridgehead atoms. The van der Waals surface area contributed by atoms with Crippen LogP contribution in [0.25, 0.3) is 0 Å². The Morgan fingerprint density at radius 3 is 1.52 bits per heavy atom. The average molecular weight is 439 g/mol. The molecule has 0 aromatic heterocycles. The van der Waals surface area contributed by atoms with Crippen molar-refractivity contribution in [2.45, 2.75) is 103 Å². The van der Waals surface area contributed by atoms with Crippen molar-refractivity contribution in [1.29, 1.82) is 0 Å². The Bertz CT molecular complexity index is 544. The number of hydrogen-bond donors (Lipinski definition) is 0. The van der Waals surface area contributed by atoms with E-state index in [1.54, 1.807) is 0 Å². The Morgan fingerprint density at radius 2 is 1.10 bits per heavy atom. The molecule has 4 heteroatoms. The molecule has 3 aliphatic carbocycles. The summed E-state index contributed by atoms with van der Waals surface area (Å²) in [5, 5.41) is 0. The molecule has 0 aromatic carbocycles. The highest BCUT2D eigenvalue weighted by molar-refractivity contribution is 4.93. The first-order chi connectivity index (χ1) is 15.1. The minimum absolute atomic E-state index is 0.0561. The Kier molecular flexibility index (Phi) is 8.85. The van der Waals surface area contributed by atoms with Crippen LogP contribution < -0.4 is 0 Å². The van der Waals surface area contributed by atoms with Gasteiger partial charge in [0.2, 0.25) is 0 Å². The molecule has 4 fully saturated rings. The molecule has 0 atom stereocenters. The molecule has 0 amide bonds. The van der Waals surface area contributed by atoms with Crippen LogP contribution >= 0.6 is 0 Å². The number of rotatable bonds is 6. The van der Waals surface area contributed by atoms with Crippen LogP contribution in [0.1, 0.15) is 96.8 Å². The zero-order chi connectivity index (χ0) is 21.6. The molecular formula is C27H44F2O2. The van der Waals surface area contributed by atoms with E-state index in [0.717, 1.165) is 62.6 Å². The van der Waals surface area contributed by atoms with Crippen LogP contribution in [0.2, 0.25) is 0 Å². The summed E-state index contributed by atoms with van der Waals surface area (Å²) in [7, 11) is 0. The summed E-state index contributed by atoms with van der Waals surface area (Å²) in [6, 6.07) is 0. The number of hydrogen-bond acceptors (Lipinski definition) is 2. The summed E-state index contributed by atoms with van der Waals surface area (Å²) in [6.07, 6.45) is 17.3. The second-order valence-electron chi connectivity index (χ2n) is 11.2. The van der Waals surface area contributed by atoms with E-state index in [-0.39, 0.29) is 12.2 Å². The van der Waals surface area contributed by atoms with Gasteiger partial charge in [0.05, 0.1) is 13.2 Å². The fraction of sp³-hybridized carbons (Fsp3) is 0.926. The first-order valence-corrected chi connectivity index (χ1v) is 13.4. The van der Waals surface area contributed by atoms with Gasteiger partial charge in [0.25, 0.3) is 6.08 Å². The van der Waals surface area contributed by atoms with Gasteiger partial charge in [-0.2, -0.15) is 8.78 Å². The van der Waals surface area contributed by atoms with Gasteiger partial charge in [0.1, 0.15) is 0 Å². The molecule has 1 aliphatic heterocycles. The first kappa shape index (κ1) is 23.7. The minimum Gasteiger partial charge on any atom is -0.352 e. The van der Waals surface area contributed by atoms with E-state index in [4.69, 9.17) is 9.47 Å². The lowest BCUT2D eigenvalue weighted by molar-refractivity contribution is -0.230. The lowest BCUT2D eigenvalue weighted by atomic mass is 9.65. The van der Waals surface area contributed by atoms with E-state index >= 15 is 0 Å². The van der Waals surface area contributed by atoms with Crippen molar-refractivity contribution in [2.24, 2.45) is 41.4 Å². The number of ether oxygens (including phenoxy) is 2. The maximum absolute atomic E-state index is 12.5. The lowest BCUT2D eigenvalue weighted by Crippen LogP contribution is -2.39. The summed E-state index contributed by atoms with van der Waals surface area (Å²) < 4.78 is 37.2. The smallest absolute Gasteiger partial charge is 0.266 e. The van der Waals surface area contributed by atoms with Crippen LogP contribution in [0.15, 0.2) is 12.2 Å². The van der Waals surface area contributed by atoms with Crippen LogP contribution in [-0.4, -0.2) is 19.5 Å². The van der Waals surface area contributed by atoms with Crippen LogP contribution in [0.4, 0.5) is 8.78 Å². The lowest BCUT2D eigenvalue weighted by Gasteiger charge is -2.42. The van der Waals surface area contributed by atoms with Crippen molar-refractivity contribution in [3.05, 3.63) is 12.2 Å². The van der Waals surface area contributed by atoms with Crippen molar-refractivity contribution >= 4 is 0 Å². The van der Waals surface area contributed by atoms with Gasteiger partial charge in [0.15, 0.2) is 6.29 Å². The van der Waals surface area contributed by atoms with Crippen LogP contribution in [-0.2, 0) is 9.47 Å². The molecule has 4 aliphatic rings. The zero-order valence-electron chi connectivity index (χ0n) is 19.6. The largest absolute Gasteiger partial charge is 0.352 e. The molecule has 0 unspecified atom stereocenters. The Hall–Kier alpha value is -0.480. The van der Waals surface area contributed by atoms with E-state index in [9.17, 15) is 8.78 Å². The monoisotopic (exact) mass is 438 g/mol. The third-order valence-corrected chi connectivity index (χ3v) is 9.22. The summed E-state index contributed by atoms with van der Waals surface area (Å²) in [5.74, 6) is 4.80. The minimum atomic E-state index is -1.49. The van der Waals surface area contributed by atoms with Crippen molar-refractivity contribution in [3.8, 4) is 0 Å². The van der Waals surface area contributed by atoms with Crippen molar-refractivity contribution < 1.29 is 18.3 Å². The molecule has 0 spiro atoms. The summed E-state index contributed by atoms with van der Waals surface area (Å²) in [4.78, 5) is 0. The quantitative estimate of drug-likeness (QED) is 0.418. The van der Waals surface area contributed by atoms with Crippen molar-refractivity contribution in [1.82, 2.24) is 0 Å². The van der Waals surface area contributed by atoms with Crippen molar-refractivity contribution in [3.63, 3.8) is 0 Å². The molecule has 178 valence electrons. The van der Waals surface area contributed by atoms with Crippen LogP contribution in [0, 0.1) is 41.4 Å². The van der Waals surface area contributed by atoms with Gasteiger partial charge < -0.3 is 9.47 Å². The van der Waals surface area contributed by atoms with Gasteiger partial charge in [0, 0.05) is 11.8 Å². The van der Waals surface area contributed by atoms with E-state index in [1.807, 2.05) is 0 Å². The summed E-state index contributed by atoms with van der Waals surface area (Å²) in [5.41, 5.74) is 0. The number of halogens is 2. The van der Waals surface area contributed by atoms with E-state index in [1.165, 1.54) is 70.3 Å². The van der Waals surface area contributed by atoms with Crippen LogP contribution in [0.3, 0.4) is 0 Å². The maximum atomic E-state index is 12.5. The Labute approximate surface area is 188 Å². The molecular weight excluding hydrogens is 394 g/mol. The van der Waals surface area contributed by atoms with Crippen LogP contribution in [0.5, 0.6) is 0 Å². The summed E-state index contributed by atoms with van der Waals surface area (Å²) >= 11 is 0. The average Bonchev–Trinajstić information content (AvgIpc) is 2.80. The molecule has 1 saturated heterocycles. The second kappa shape index (κ2) is 11.6. The van der Waals surface area contributed by atoms with Crippen molar-refractivity contribution in [2.75, 3.05) is 13.2 Å². The third kappa shape index (κ3) is 6.53. The molecule has 0 radical (unpaired) electrons. The highest BCUT2D eigenvalue weighted by Crippen LogP contribution is 2.46. The van der Waals surface area contributed by atoms with Gasteiger partial charge in [-0.05, 0) is 119 Å². The first-order valence-electron chi connectivity index (χ1n) is 13.4. The molecule has 0 aromatic rings. The predicted molar refractivity (Wildman–Crippen MR) is 121 cm³/mol. The van der Waals surface area contributed by atoms with E-state index in [2.05, 4.69) is 6.92 Å². The third-order valence-electron chi connectivity index (χ3n) is 9.22. The molecule has 3 saturated carbocycles. The topological polar surface area (TPSA) is 18.5 Å². The fourth-order valence-corrected chi connectivity index (χ4v) is 7.34. The SMILES string of the molecule is CCCC1COC(C2CCC(C3CCC(C4CCC(C=C(F)F)CC4)CC3)CC2)OC1. The van der Waals surface area contributed by atoms with Gasteiger partial charge in [-0.15, -0.1) is 0 Å². The zero-order valence-corrected chi connectivity index (χ0v) is 19.6. The van der Waals surface area contributed by atoms with Gasteiger partial charge in [-0.1, -0.05) is 13.3 Å². The van der Waals surface area contributed by atoms with E-state index in [0.29, 0.717) is 11.8 Å². The van der Waals surface area contributed by atoms with Gasteiger partial charge in [-0.3, -0.25) is 0 Å². The standard InChI is InChI=1S/C27H44F2O2/c1-2-3-20-17-30-27(31-18-20)25-14-12-24(13-15-25)23-10-8-22(9-11-23)21-6-4-19(5-7-21)16-26(28)29/h16,19-25,27H,2-15,17-18H2,1H3. The molecule has 31 heavy (non-hydrogen) atoms. The Morgan fingerprint density at radius 1 is 0.677 bits per heavy atom. The normalized spacial score (nSPS) is 42.2. The van der Waals surface area contributed by atoms with E-state index < -0.39 is 6.08 Å². The molecule has 0 N–H and O–H groups in total. The fourth-order valence-electron chi connectivity index (χ4n) is 7.34. The summed E-state index contributed by atoms with van der Waals surface area (Å²) in [6.45, 7) is 4.02. The predicted octanol–water partition coefficient (Wildman–Crippen LogP) is 7.98. The van der Waals surface area contributed by atoms with Gasteiger partial charge in [-0.25, -0.2) is 0 Å². The molecule has 2 nitrogen and oxygen atoms in total. The Balaban J connectivity index is 1.14. The maximum Gasteiger partial charge on any atom is 0.266 e. The molecule has 1 heterocycles. The highest BCUT2D eigenvalue weighted by Gasteiger charge is 2.37. The highest BCUT2D eigenvalue weighted by atomic mass is 19.3. The van der Waals surface area contributed by atoms with Gasteiger partial charge >= 0.3 is 0 Å². The molecule has 4 rings (SSSR count). The number of allylic oxidation sites excluding steroid dienone is 1.